The van der Waals surface area contributed by atoms with Crippen LogP contribution in [0.5, 0.6) is 0 Å². The molecule has 2 heterocycles. The maximum atomic E-state index is 13.8. The number of aryl methyl sites for hydroxylation is 1. The second-order valence-electron chi connectivity index (χ2n) is 5.20. The van der Waals surface area contributed by atoms with E-state index >= 15 is 0 Å². The van der Waals surface area contributed by atoms with Gasteiger partial charge in [0.25, 0.3) is 0 Å². The third kappa shape index (κ3) is 2.75. The molecule has 3 aromatic rings. The zero-order valence-electron chi connectivity index (χ0n) is 12.3. The number of nitrogens with one attached hydrogen (secondary N) is 3. The van der Waals surface area contributed by atoms with Crippen LogP contribution in [0.25, 0.3) is 10.9 Å². The molecule has 0 aliphatic carbocycles. The van der Waals surface area contributed by atoms with E-state index in [1.807, 2.05) is 13.8 Å². The molecule has 0 amide bonds. The predicted octanol–water partition coefficient (Wildman–Crippen LogP) is 1.94. The topological polar surface area (TPSA) is 86.5 Å². The van der Waals surface area contributed by atoms with Crippen LogP contribution < -0.4 is 10.7 Å². The number of hydrogen-bond donors (Lipinski definition) is 3. The van der Waals surface area contributed by atoms with Crippen LogP contribution >= 0.6 is 0 Å². The standard InChI is InChI=1S/C15H16FN5O/c1-8(15-18-9(2)20-21-15)17-7-10-6-13(22)11-4-3-5-12(16)14(11)19-10/h3-6,8,17H,7H2,1-2H3,(H,19,22)(H,18,20,21)/t8-/m1/s1. The van der Waals surface area contributed by atoms with Gasteiger partial charge in [-0.3, -0.25) is 9.89 Å². The Bertz CT molecular complexity index is 870. The highest BCUT2D eigenvalue weighted by molar-refractivity contribution is 5.78. The van der Waals surface area contributed by atoms with Crippen molar-refractivity contribution in [3.05, 3.63) is 57.6 Å². The van der Waals surface area contributed by atoms with E-state index in [0.29, 0.717) is 23.4 Å². The molecule has 6 nitrogen and oxygen atoms in total. The van der Waals surface area contributed by atoms with E-state index in [1.165, 1.54) is 18.2 Å². The molecule has 2 aromatic heterocycles. The van der Waals surface area contributed by atoms with Crippen molar-refractivity contribution < 1.29 is 4.39 Å². The molecule has 22 heavy (non-hydrogen) atoms. The van der Waals surface area contributed by atoms with Gasteiger partial charge in [0.05, 0.1) is 11.6 Å². The molecular weight excluding hydrogens is 285 g/mol. The quantitative estimate of drug-likeness (QED) is 0.687. The number of nitrogens with zero attached hydrogens (tertiary/aromatic N) is 2. The van der Waals surface area contributed by atoms with Crippen LogP contribution in [0.15, 0.2) is 29.1 Å². The molecule has 7 heteroatoms. The number of rotatable bonds is 4. The molecule has 0 bridgehead atoms. The van der Waals surface area contributed by atoms with Gasteiger partial charge in [-0.25, -0.2) is 9.37 Å². The van der Waals surface area contributed by atoms with E-state index in [1.54, 1.807) is 6.07 Å². The lowest BCUT2D eigenvalue weighted by Crippen LogP contribution is -2.21. The average Bonchev–Trinajstić information content (AvgIpc) is 2.93. The summed E-state index contributed by atoms with van der Waals surface area (Å²) in [6, 6.07) is 5.84. The van der Waals surface area contributed by atoms with E-state index in [9.17, 15) is 9.18 Å². The summed E-state index contributed by atoms with van der Waals surface area (Å²) in [4.78, 5) is 19.2. The van der Waals surface area contributed by atoms with Crippen molar-refractivity contribution in [2.75, 3.05) is 0 Å². The van der Waals surface area contributed by atoms with Crippen LogP contribution in [0.1, 0.15) is 30.3 Å². The summed E-state index contributed by atoms with van der Waals surface area (Å²) in [5.41, 5.74) is 0.640. The summed E-state index contributed by atoms with van der Waals surface area (Å²) in [7, 11) is 0. The van der Waals surface area contributed by atoms with Crippen LogP contribution in [-0.2, 0) is 6.54 Å². The number of fused-ring (bicyclic) bond motifs is 1. The average molecular weight is 301 g/mol. The third-order valence-corrected chi connectivity index (χ3v) is 3.47. The maximum Gasteiger partial charge on any atom is 0.189 e. The molecule has 0 spiro atoms. The minimum Gasteiger partial charge on any atom is -0.355 e. The highest BCUT2D eigenvalue weighted by Crippen LogP contribution is 2.13. The molecule has 0 saturated heterocycles. The molecule has 0 saturated carbocycles. The fourth-order valence-corrected chi connectivity index (χ4v) is 2.29. The van der Waals surface area contributed by atoms with Crippen molar-refractivity contribution in [1.29, 1.82) is 0 Å². The van der Waals surface area contributed by atoms with Gasteiger partial charge in [-0.1, -0.05) is 6.07 Å². The van der Waals surface area contributed by atoms with Crippen molar-refractivity contribution in [3.8, 4) is 0 Å². The van der Waals surface area contributed by atoms with Crippen molar-refractivity contribution in [2.24, 2.45) is 0 Å². The minimum absolute atomic E-state index is 0.0928. The fourth-order valence-electron chi connectivity index (χ4n) is 2.29. The van der Waals surface area contributed by atoms with Gasteiger partial charge >= 0.3 is 0 Å². The summed E-state index contributed by atoms with van der Waals surface area (Å²) in [5, 5.41) is 10.4. The maximum absolute atomic E-state index is 13.8. The number of halogens is 1. The second-order valence-corrected chi connectivity index (χ2v) is 5.20. The minimum atomic E-state index is -0.436. The first-order chi connectivity index (χ1) is 10.5. The van der Waals surface area contributed by atoms with Gasteiger partial charge in [0.2, 0.25) is 0 Å². The molecule has 1 aromatic carbocycles. The normalized spacial score (nSPS) is 12.7. The number of hydrogen-bond acceptors (Lipinski definition) is 4. The number of para-hydroxylation sites is 1. The molecule has 1 atom stereocenters. The molecule has 114 valence electrons. The lowest BCUT2D eigenvalue weighted by atomic mass is 10.2. The highest BCUT2D eigenvalue weighted by Gasteiger charge is 2.11. The van der Waals surface area contributed by atoms with Gasteiger partial charge in [0, 0.05) is 23.7 Å². The van der Waals surface area contributed by atoms with Crippen LogP contribution in [0.3, 0.4) is 0 Å². The van der Waals surface area contributed by atoms with E-state index in [-0.39, 0.29) is 17.0 Å². The lowest BCUT2D eigenvalue weighted by Gasteiger charge is -2.11. The van der Waals surface area contributed by atoms with Gasteiger partial charge in [-0.15, -0.1) is 0 Å². The first kappa shape index (κ1) is 14.4. The Morgan fingerprint density at radius 1 is 1.41 bits per heavy atom. The molecule has 0 unspecified atom stereocenters. The fraction of sp³-hybridized carbons (Fsp3) is 0.267. The van der Waals surface area contributed by atoms with E-state index in [4.69, 9.17) is 0 Å². The van der Waals surface area contributed by atoms with Crippen LogP contribution in [-0.4, -0.2) is 20.2 Å². The Kier molecular flexibility index (Phi) is 3.72. The Hall–Kier alpha value is -2.54. The molecule has 0 aliphatic heterocycles. The summed E-state index contributed by atoms with van der Waals surface area (Å²) in [5.74, 6) is 0.950. The van der Waals surface area contributed by atoms with Crippen LogP contribution in [0.2, 0.25) is 0 Å². The van der Waals surface area contributed by atoms with Gasteiger partial charge in [0.1, 0.15) is 11.6 Å². The van der Waals surface area contributed by atoms with Gasteiger partial charge in [-0.05, 0) is 26.0 Å². The Morgan fingerprint density at radius 3 is 2.95 bits per heavy atom. The largest absolute Gasteiger partial charge is 0.355 e. The molecular formula is C15H16FN5O. The summed E-state index contributed by atoms with van der Waals surface area (Å²) >= 11 is 0. The Balaban J connectivity index is 1.82. The zero-order chi connectivity index (χ0) is 15.7. The number of aromatic amines is 2. The summed E-state index contributed by atoms with van der Waals surface area (Å²) < 4.78 is 13.8. The van der Waals surface area contributed by atoms with Crippen molar-refractivity contribution in [1.82, 2.24) is 25.5 Å². The number of pyridine rings is 1. The predicted molar refractivity (Wildman–Crippen MR) is 80.9 cm³/mol. The van der Waals surface area contributed by atoms with E-state index in [0.717, 1.165) is 5.82 Å². The molecule has 3 rings (SSSR count). The van der Waals surface area contributed by atoms with Crippen LogP contribution in [0, 0.1) is 12.7 Å². The SMILES string of the molecule is Cc1nc([C@@H](C)NCc2cc(=O)c3cccc(F)c3[nH]2)n[nH]1. The molecule has 0 aliphatic rings. The van der Waals surface area contributed by atoms with Gasteiger partial charge in [0.15, 0.2) is 11.3 Å². The third-order valence-electron chi connectivity index (χ3n) is 3.47. The first-order valence-electron chi connectivity index (χ1n) is 6.97. The summed E-state index contributed by atoms with van der Waals surface area (Å²) in [6.07, 6.45) is 0. The monoisotopic (exact) mass is 301 g/mol. The Morgan fingerprint density at radius 2 is 2.23 bits per heavy atom. The molecule has 0 fully saturated rings. The van der Waals surface area contributed by atoms with Crippen molar-refractivity contribution in [3.63, 3.8) is 0 Å². The summed E-state index contributed by atoms with van der Waals surface area (Å²) in [6.45, 7) is 4.13. The number of benzene rings is 1. The number of H-pyrrole nitrogens is 2. The van der Waals surface area contributed by atoms with Crippen LogP contribution in [0.4, 0.5) is 4.39 Å². The number of aromatic nitrogens is 4. The second kappa shape index (κ2) is 5.69. The smallest absolute Gasteiger partial charge is 0.189 e. The van der Waals surface area contributed by atoms with Gasteiger partial charge < -0.3 is 10.3 Å². The van der Waals surface area contributed by atoms with Gasteiger partial charge in [-0.2, -0.15) is 5.10 Å². The van der Waals surface area contributed by atoms with Crippen molar-refractivity contribution in [2.45, 2.75) is 26.4 Å². The highest BCUT2D eigenvalue weighted by atomic mass is 19.1. The zero-order valence-corrected chi connectivity index (χ0v) is 12.3. The molecule has 0 radical (unpaired) electrons. The lowest BCUT2D eigenvalue weighted by molar-refractivity contribution is 0.542. The van der Waals surface area contributed by atoms with Crippen molar-refractivity contribution >= 4 is 10.9 Å². The molecule has 3 N–H and O–H groups in total. The first-order valence-corrected chi connectivity index (χ1v) is 6.97. The Labute approximate surface area is 125 Å². The van der Waals surface area contributed by atoms with E-state index < -0.39 is 5.82 Å². The van der Waals surface area contributed by atoms with E-state index in [2.05, 4.69) is 25.5 Å².